The summed E-state index contributed by atoms with van der Waals surface area (Å²) in [6.45, 7) is 3.69. The Bertz CT molecular complexity index is 699. The summed E-state index contributed by atoms with van der Waals surface area (Å²) < 4.78 is 6.18. The largest absolute Gasteiger partial charge is 0.497 e. The quantitative estimate of drug-likeness (QED) is 0.794. The Labute approximate surface area is 151 Å². The summed E-state index contributed by atoms with van der Waals surface area (Å²) in [6, 6.07) is 15.3. The van der Waals surface area contributed by atoms with Crippen LogP contribution in [-0.4, -0.2) is 19.1 Å². The van der Waals surface area contributed by atoms with E-state index in [0.717, 1.165) is 21.3 Å². The van der Waals surface area contributed by atoms with E-state index in [4.69, 9.17) is 10.5 Å². The van der Waals surface area contributed by atoms with Crippen molar-refractivity contribution in [3.05, 3.63) is 64.1 Å². The van der Waals surface area contributed by atoms with Crippen molar-refractivity contribution >= 4 is 21.8 Å². The first-order valence-corrected chi connectivity index (χ1v) is 8.61. The van der Waals surface area contributed by atoms with Crippen LogP contribution >= 0.6 is 15.9 Å². The van der Waals surface area contributed by atoms with Crippen LogP contribution in [0.1, 0.15) is 25.0 Å². The fourth-order valence-corrected chi connectivity index (χ4v) is 2.77. The number of benzene rings is 2. The molecule has 0 aliphatic heterocycles. The Morgan fingerprint density at radius 3 is 2.58 bits per heavy atom. The summed E-state index contributed by atoms with van der Waals surface area (Å²) in [7, 11) is 1.64. The molecular formula is C19H23BrN2O2. The zero-order valence-corrected chi connectivity index (χ0v) is 15.8. The van der Waals surface area contributed by atoms with Gasteiger partial charge in [-0.2, -0.15) is 0 Å². The lowest BCUT2D eigenvalue weighted by atomic mass is 9.91. The third-order valence-electron chi connectivity index (χ3n) is 3.97. The lowest BCUT2D eigenvalue weighted by molar-refractivity contribution is -0.126. The van der Waals surface area contributed by atoms with Crippen molar-refractivity contribution in [2.24, 2.45) is 5.73 Å². The van der Waals surface area contributed by atoms with Crippen LogP contribution in [-0.2, 0) is 16.8 Å². The second kappa shape index (κ2) is 7.81. The number of ether oxygens (including phenoxy) is 1. The monoisotopic (exact) mass is 390 g/mol. The molecule has 2 rings (SSSR count). The first kappa shape index (κ1) is 18.5. The molecule has 24 heavy (non-hydrogen) atoms. The third kappa shape index (κ3) is 4.58. The maximum atomic E-state index is 12.6. The molecule has 4 nitrogen and oxygen atoms in total. The Morgan fingerprint density at radius 1 is 1.29 bits per heavy atom. The average molecular weight is 391 g/mol. The van der Waals surface area contributed by atoms with Crippen molar-refractivity contribution in [2.75, 3.05) is 7.11 Å². The van der Waals surface area contributed by atoms with Crippen LogP contribution in [0.4, 0.5) is 0 Å². The zero-order valence-electron chi connectivity index (χ0n) is 14.2. The molecule has 3 N–H and O–H groups in total. The van der Waals surface area contributed by atoms with Gasteiger partial charge in [0.1, 0.15) is 11.3 Å². The van der Waals surface area contributed by atoms with Gasteiger partial charge < -0.3 is 15.8 Å². The summed E-state index contributed by atoms with van der Waals surface area (Å²) in [5.41, 5.74) is 7.07. The smallest absolute Gasteiger partial charge is 0.244 e. The molecule has 2 unspecified atom stereocenters. The van der Waals surface area contributed by atoms with Crippen LogP contribution in [0.2, 0.25) is 0 Å². The zero-order chi connectivity index (χ0) is 17.7. The number of nitrogens with one attached hydrogen (secondary N) is 1. The first-order chi connectivity index (χ1) is 11.3. The minimum absolute atomic E-state index is 0.0390. The number of nitrogens with two attached hydrogens (primary N) is 1. The normalized spacial score (nSPS) is 14.5. The fourth-order valence-electron chi connectivity index (χ4n) is 2.50. The van der Waals surface area contributed by atoms with Gasteiger partial charge in [0.25, 0.3) is 0 Å². The molecule has 0 bridgehead atoms. The maximum absolute atomic E-state index is 12.6. The van der Waals surface area contributed by atoms with Crippen molar-refractivity contribution in [3.63, 3.8) is 0 Å². The highest BCUT2D eigenvalue weighted by molar-refractivity contribution is 9.10. The summed E-state index contributed by atoms with van der Waals surface area (Å²) in [5.74, 6) is 0.616. The molecule has 0 saturated heterocycles. The molecule has 2 atom stereocenters. The summed E-state index contributed by atoms with van der Waals surface area (Å²) in [6.07, 6.45) is 0.708. The predicted octanol–water partition coefficient (Wildman–Crippen LogP) is 3.38. The molecule has 2 aromatic carbocycles. The second-order valence-corrected chi connectivity index (χ2v) is 7.06. The van der Waals surface area contributed by atoms with Gasteiger partial charge in [-0.05, 0) is 55.7 Å². The number of carbonyl (C=O) groups is 1. The molecule has 5 heteroatoms. The predicted molar refractivity (Wildman–Crippen MR) is 100.0 cm³/mol. The highest BCUT2D eigenvalue weighted by Gasteiger charge is 2.31. The van der Waals surface area contributed by atoms with Crippen LogP contribution in [0.5, 0.6) is 5.75 Å². The van der Waals surface area contributed by atoms with E-state index in [2.05, 4.69) is 21.2 Å². The van der Waals surface area contributed by atoms with Gasteiger partial charge in [0.2, 0.25) is 5.91 Å². The molecule has 0 heterocycles. The van der Waals surface area contributed by atoms with Crippen LogP contribution in [0, 0.1) is 0 Å². The van der Waals surface area contributed by atoms with Crippen molar-refractivity contribution in [1.29, 1.82) is 0 Å². The SMILES string of the molecule is COc1cccc(CC(C)NC(=O)C(C)(N)c2ccc(Br)cc2)c1. The summed E-state index contributed by atoms with van der Waals surface area (Å²) >= 11 is 3.39. The molecular weight excluding hydrogens is 368 g/mol. The molecule has 0 saturated carbocycles. The van der Waals surface area contributed by atoms with E-state index >= 15 is 0 Å². The van der Waals surface area contributed by atoms with E-state index in [1.807, 2.05) is 55.5 Å². The molecule has 1 amide bonds. The number of halogens is 1. The number of methoxy groups -OCH3 is 1. The van der Waals surface area contributed by atoms with Crippen LogP contribution < -0.4 is 15.8 Å². The van der Waals surface area contributed by atoms with E-state index in [0.29, 0.717) is 6.42 Å². The van der Waals surface area contributed by atoms with Gasteiger partial charge in [0.05, 0.1) is 7.11 Å². The number of rotatable bonds is 6. The number of hydrogen-bond donors (Lipinski definition) is 2. The number of carbonyl (C=O) groups excluding carboxylic acids is 1. The van der Waals surface area contributed by atoms with Gasteiger partial charge in [-0.15, -0.1) is 0 Å². The molecule has 0 spiro atoms. The Hall–Kier alpha value is -1.85. The molecule has 0 radical (unpaired) electrons. The molecule has 0 aliphatic carbocycles. The lowest BCUT2D eigenvalue weighted by Crippen LogP contribution is -2.51. The van der Waals surface area contributed by atoms with Crippen molar-refractivity contribution in [2.45, 2.75) is 31.8 Å². The van der Waals surface area contributed by atoms with Gasteiger partial charge in [0, 0.05) is 10.5 Å². The van der Waals surface area contributed by atoms with E-state index < -0.39 is 5.54 Å². The lowest BCUT2D eigenvalue weighted by Gasteiger charge is -2.26. The minimum atomic E-state index is -1.08. The Balaban J connectivity index is 2.03. The molecule has 0 aliphatic rings. The average Bonchev–Trinajstić information content (AvgIpc) is 2.55. The number of hydrogen-bond acceptors (Lipinski definition) is 3. The van der Waals surface area contributed by atoms with Crippen molar-refractivity contribution < 1.29 is 9.53 Å². The fraction of sp³-hybridized carbons (Fsp3) is 0.316. The highest BCUT2D eigenvalue weighted by atomic mass is 79.9. The summed E-state index contributed by atoms with van der Waals surface area (Å²) in [4.78, 5) is 12.6. The third-order valence-corrected chi connectivity index (χ3v) is 4.50. The van der Waals surface area contributed by atoms with Crippen LogP contribution in [0.3, 0.4) is 0 Å². The van der Waals surface area contributed by atoms with E-state index in [1.165, 1.54) is 0 Å². The Kier molecular flexibility index (Phi) is 6.02. The van der Waals surface area contributed by atoms with Gasteiger partial charge in [-0.25, -0.2) is 0 Å². The van der Waals surface area contributed by atoms with Gasteiger partial charge in [-0.1, -0.05) is 40.2 Å². The van der Waals surface area contributed by atoms with E-state index in [-0.39, 0.29) is 11.9 Å². The maximum Gasteiger partial charge on any atom is 0.244 e. The number of amides is 1. The van der Waals surface area contributed by atoms with Crippen molar-refractivity contribution in [3.8, 4) is 5.75 Å². The molecule has 0 aromatic heterocycles. The minimum Gasteiger partial charge on any atom is -0.497 e. The van der Waals surface area contributed by atoms with E-state index in [9.17, 15) is 4.79 Å². The van der Waals surface area contributed by atoms with Gasteiger partial charge in [0.15, 0.2) is 0 Å². The molecule has 2 aromatic rings. The topological polar surface area (TPSA) is 64.3 Å². The standard InChI is InChI=1S/C19H23BrN2O2/c1-13(11-14-5-4-6-17(12-14)24-3)22-18(23)19(2,21)15-7-9-16(20)10-8-15/h4-10,12-13H,11,21H2,1-3H3,(H,22,23). The van der Waals surface area contributed by atoms with Crippen LogP contribution in [0.25, 0.3) is 0 Å². The van der Waals surface area contributed by atoms with Gasteiger partial charge >= 0.3 is 0 Å². The molecule has 0 fully saturated rings. The first-order valence-electron chi connectivity index (χ1n) is 7.81. The van der Waals surface area contributed by atoms with E-state index in [1.54, 1.807) is 14.0 Å². The molecule has 128 valence electrons. The summed E-state index contributed by atoms with van der Waals surface area (Å²) in [5, 5.41) is 3.00. The Morgan fingerprint density at radius 2 is 1.96 bits per heavy atom. The highest BCUT2D eigenvalue weighted by Crippen LogP contribution is 2.21. The second-order valence-electron chi connectivity index (χ2n) is 6.14. The van der Waals surface area contributed by atoms with Crippen molar-refractivity contribution in [1.82, 2.24) is 5.32 Å². The van der Waals surface area contributed by atoms with Crippen LogP contribution in [0.15, 0.2) is 53.0 Å². The van der Waals surface area contributed by atoms with Gasteiger partial charge in [-0.3, -0.25) is 4.79 Å².